The summed E-state index contributed by atoms with van der Waals surface area (Å²) in [6.45, 7) is 4.13. The molecule has 2 aromatic heterocycles. The highest BCUT2D eigenvalue weighted by atomic mass is 16.5. The Balaban J connectivity index is 1.89. The van der Waals surface area contributed by atoms with Crippen molar-refractivity contribution in [1.29, 1.82) is 0 Å². The Morgan fingerprint density at radius 3 is 3.06 bits per heavy atom. The molecule has 0 aliphatic carbocycles. The van der Waals surface area contributed by atoms with Crippen molar-refractivity contribution in [3.63, 3.8) is 0 Å². The molecule has 18 heavy (non-hydrogen) atoms. The lowest BCUT2D eigenvalue weighted by Crippen LogP contribution is -2.41. The topological polar surface area (TPSA) is 68.8 Å². The Labute approximate surface area is 105 Å². The summed E-state index contributed by atoms with van der Waals surface area (Å²) < 4.78 is 7.16. The lowest BCUT2D eigenvalue weighted by atomic mass is 9.83. The first-order valence-corrected chi connectivity index (χ1v) is 6.21. The maximum atomic E-state index is 5.43. The van der Waals surface area contributed by atoms with Crippen molar-refractivity contribution >= 4 is 0 Å². The molecule has 6 nitrogen and oxygen atoms in total. The van der Waals surface area contributed by atoms with Gasteiger partial charge in [0.15, 0.2) is 0 Å². The van der Waals surface area contributed by atoms with Crippen molar-refractivity contribution in [3.05, 3.63) is 18.3 Å². The maximum Gasteiger partial charge on any atom is 0.234 e. The number of aryl methyl sites for hydroxylation is 1. The fraction of sp³-hybridized carbons (Fsp3) is 0.583. The van der Waals surface area contributed by atoms with E-state index in [4.69, 9.17) is 4.52 Å². The van der Waals surface area contributed by atoms with Gasteiger partial charge >= 0.3 is 0 Å². The predicted molar refractivity (Wildman–Crippen MR) is 66.0 cm³/mol. The molecule has 1 N–H and O–H groups in total. The Kier molecular flexibility index (Phi) is 2.66. The van der Waals surface area contributed by atoms with E-state index in [1.807, 2.05) is 13.2 Å². The van der Waals surface area contributed by atoms with E-state index in [-0.39, 0.29) is 5.41 Å². The normalized spacial score (nSPS) is 24.3. The zero-order valence-electron chi connectivity index (χ0n) is 10.7. The summed E-state index contributed by atoms with van der Waals surface area (Å²) >= 11 is 0. The van der Waals surface area contributed by atoms with Gasteiger partial charge in [0.25, 0.3) is 0 Å². The van der Waals surface area contributed by atoms with Crippen LogP contribution in [0.2, 0.25) is 0 Å². The van der Waals surface area contributed by atoms with Crippen LogP contribution in [0.5, 0.6) is 0 Å². The Morgan fingerprint density at radius 2 is 2.39 bits per heavy atom. The third kappa shape index (κ3) is 1.92. The summed E-state index contributed by atoms with van der Waals surface area (Å²) in [6.07, 6.45) is 5.85. The molecule has 0 amide bonds. The highest BCUT2D eigenvalue weighted by molar-refractivity contribution is 5.51. The molecule has 1 saturated heterocycles. The molecule has 3 heterocycles. The first kappa shape index (κ1) is 11.4. The van der Waals surface area contributed by atoms with Crippen LogP contribution in [-0.2, 0) is 12.5 Å². The van der Waals surface area contributed by atoms with Crippen LogP contribution in [0.4, 0.5) is 0 Å². The van der Waals surface area contributed by atoms with Crippen LogP contribution in [-0.4, -0.2) is 33.0 Å². The molecule has 1 aliphatic rings. The smallest absolute Gasteiger partial charge is 0.234 e. The van der Waals surface area contributed by atoms with Gasteiger partial charge in [0.2, 0.25) is 11.7 Å². The van der Waals surface area contributed by atoms with Crippen LogP contribution in [0, 0.1) is 0 Å². The van der Waals surface area contributed by atoms with Crippen LogP contribution in [0.1, 0.15) is 25.7 Å². The van der Waals surface area contributed by atoms with E-state index in [1.54, 1.807) is 10.9 Å². The molecule has 1 atom stereocenters. The largest absolute Gasteiger partial charge is 0.338 e. The molecule has 6 heteroatoms. The fourth-order valence-electron chi connectivity index (χ4n) is 2.36. The quantitative estimate of drug-likeness (QED) is 0.861. The van der Waals surface area contributed by atoms with Gasteiger partial charge in [-0.15, -0.1) is 0 Å². The summed E-state index contributed by atoms with van der Waals surface area (Å²) in [5.74, 6) is 1.33. The second-order valence-corrected chi connectivity index (χ2v) is 5.17. The van der Waals surface area contributed by atoms with Gasteiger partial charge in [-0.05, 0) is 26.3 Å². The number of rotatable bonds is 2. The average Bonchev–Trinajstić information content (AvgIpc) is 2.98. The minimum absolute atomic E-state index is 0.0499. The van der Waals surface area contributed by atoms with E-state index < -0.39 is 0 Å². The second-order valence-electron chi connectivity index (χ2n) is 5.17. The number of aromatic nitrogens is 4. The van der Waals surface area contributed by atoms with Gasteiger partial charge in [-0.2, -0.15) is 10.1 Å². The Bertz CT molecular complexity index is 538. The number of nitrogens with one attached hydrogen (secondary N) is 1. The van der Waals surface area contributed by atoms with Gasteiger partial charge < -0.3 is 9.84 Å². The SMILES string of the molecule is Cn1cc(-c2noc(C3(C)CCCNC3)n2)cn1. The van der Waals surface area contributed by atoms with Gasteiger partial charge in [0.1, 0.15) is 0 Å². The number of hydrogen-bond donors (Lipinski definition) is 1. The third-order valence-electron chi connectivity index (χ3n) is 3.50. The lowest BCUT2D eigenvalue weighted by molar-refractivity contribution is 0.245. The standard InChI is InChI=1S/C12H17N5O/c1-12(4-3-5-13-8-12)11-15-10(16-18-11)9-6-14-17(2)7-9/h6-7,13H,3-5,8H2,1-2H3. The molecule has 96 valence electrons. The van der Waals surface area contributed by atoms with E-state index in [0.29, 0.717) is 11.7 Å². The predicted octanol–water partition coefficient (Wildman–Crippen LogP) is 1.11. The summed E-state index contributed by atoms with van der Waals surface area (Å²) in [6, 6.07) is 0. The summed E-state index contributed by atoms with van der Waals surface area (Å²) in [4.78, 5) is 4.52. The molecule has 0 spiro atoms. The monoisotopic (exact) mass is 247 g/mol. The van der Waals surface area contributed by atoms with Crippen LogP contribution < -0.4 is 5.32 Å². The molecule has 0 aromatic carbocycles. The van der Waals surface area contributed by atoms with Crippen LogP contribution >= 0.6 is 0 Å². The number of nitrogens with zero attached hydrogens (tertiary/aromatic N) is 4. The number of piperidine rings is 1. The van der Waals surface area contributed by atoms with Gasteiger partial charge in [-0.1, -0.05) is 5.16 Å². The molecule has 1 aliphatic heterocycles. The van der Waals surface area contributed by atoms with E-state index in [9.17, 15) is 0 Å². The van der Waals surface area contributed by atoms with Gasteiger partial charge in [-0.3, -0.25) is 4.68 Å². The first-order chi connectivity index (χ1) is 8.67. The van der Waals surface area contributed by atoms with E-state index in [1.165, 1.54) is 0 Å². The molecule has 0 bridgehead atoms. The second kappa shape index (κ2) is 4.20. The van der Waals surface area contributed by atoms with Crippen LogP contribution in [0.15, 0.2) is 16.9 Å². The third-order valence-corrected chi connectivity index (χ3v) is 3.50. The minimum atomic E-state index is -0.0499. The van der Waals surface area contributed by atoms with Crippen molar-refractivity contribution in [3.8, 4) is 11.4 Å². The zero-order valence-corrected chi connectivity index (χ0v) is 10.7. The van der Waals surface area contributed by atoms with Crippen LogP contribution in [0.25, 0.3) is 11.4 Å². The van der Waals surface area contributed by atoms with Crippen LogP contribution in [0.3, 0.4) is 0 Å². The number of hydrogen-bond acceptors (Lipinski definition) is 5. The van der Waals surface area contributed by atoms with E-state index >= 15 is 0 Å². The molecule has 2 aromatic rings. The molecule has 0 radical (unpaired) electrons. The van der Waals surface area contributed by atoms with Crippen molar-refractivity contribution in [2.24, 2.45) is 7.05 Å². The summed E-state index contributed by atoms with van der Waals surface area (Å²) in [5, 5.41) is 11.6. The fourth-order valence-corrected chi connectivity index (χ4v) is 2.36. The maximum absolute atomic E-state index is 5.43. The van der Waals surface area contributed by atoms with Gasteiger partial charge in [-0.25, -0.2) is 0 Å². The van der Waals surface area contributed by atoms with E-state index in [0.717, 1.165) is 31.5 Å². The molecule has 1 unspecified atom stereocenters. The van der Waals surface area contributed by atoms with Crippen molar-refractivity contribution < 1.29 is 4.52 Å². The minimum Gasteiger partial charge on any atom is -0.338 e. The van der Waals surface area contributed by atoms with E-state index in [2.05, 4.69) is 27.5 Å². The highest BCUT2D eigenvalue weighted by Gasteiger charge is 2.34. The highest BCUT2D eigenvalue weighted by Crippen LogP contribution is 2.30. The summed E-state index contributed by atoms with van der Waals surface area (Å²) in [7, 11) is 1.87. The molecular formula is C12H17N5O. The molecule has 1 fully saturated rings. The molecular weight excluding hydrogens is 230 g/mol. The Hall–Kier alpha value is -1.69. The first-order valence-electron chi connectivity index (χ1n) is 6.21. The van der Waals surface area contributed by atoms with Gasteiger partial charge in [0, 0.05) is 19.8 Å². The van der Waals surface area contributed by atoms with Crippen molar-refractivity contribution in [1.82, 2.24) is 25.2 Å². The van der Waals surface area contributed by atoms with Crippen molar-refractivity contribution in [2.45, 2.75) is 25.2 Å². The van der Waals surface area contributed by atoms with Gasteiger partial charge in [0.05, 0.1) is 17.2 Å². The molecule has 0 saturated carbocycles. The summed E-state index contributed by atoms with van der Waals surface area (Å²) in [5.41, 5.74) is 0.839. The van der Waals surface area contributed by atoms with Crippen molar-refractivity contribution in [2.75, 3.05) is 13.1 Å². The Morgan fingerprint density at radius 1 is 1.50 bits per heavy atom. The molecule has 3 rings (SSSR count). The zero-order chi connectivity index (χ0) is 12.6. The lowest BCUT2D eigenvalue weighted by Gasteiger charge is -2.30. The average molecular weight is 247 g/mol.